The molecule has 0 N–H and O–H groups in total. The summed E-state index contributed by atoms with van der Waals surface area (Å²) in [5.41, 5.74) is 3.00. The van der Waals surface area contributed by atoms with Crippen molar-refractivity contribution in [1.82, 2.24) is 0 Å². The molecule has 2 aliphatic heterocycles. The fourth-order valence-corrected chi connectivity index (χ4v) is 3.11. The van der Waals surface area contributed by atoms with Crippen molar-refractivity contribution in [3.63, 3.8) is 0 Å². The Hall–Kier alpha value is -1.61. The van der Waals surface area contributed by atoms with Crippen molar-refractivity contribution < 1.29 is 14.3 Å². The summed E-state index contributed by atoms with van der Waals surface area (Å²) >= 11 is 0. The lowest BCUT2D eigenvalue weighted by Gasteiger charge is -2.27. The molecule has 1 aromatic carbocycles. The molecule has 0 aliphatic carbocycles. The molecule has 2 atom stereocenters. The summed E-state index contributed by atoms with van der Waals surface area (Å²) in [6.45, 7) is 1.95. The molecule has 0 spiro atoms. The molecule has 1 aromatic rings. The van der Waals surface area contributed by atoms with Gasteiger partial charge in [0.25, 0.3) is 0 Å². The first-order valence-electron chi connectivity index (χ1n) is 6.21. The van der Waals surface area contributed by atoms with Crippen LogP contribution >= 0.6 is 0 Å². The predicted molar refractivity (Wildman–Crippen MR) is 67.0 cm³/mol. The van der Waals surface area contributed by atoms with Gasteiger partial charge in [-0.15, -0.1) is 0 Å². The Labute approximate surface area is 106 Å². The molecule has 3 heteroatoms. The molecule has 94 valence electrons. The van der Waals surface area contributed by atoms with Gasteiger partial charge < -0.3 is 9.47 Å². The average Bonchev–Trinajstić information content (AvgIpc) is 2.97. The zero-order chi connectivity index (χ0) is 12.8. The quantitative estimate of drug-likeness (QED) is 0.592. The molecule has 0 radical (unpaired) electrons. The van der Waals surface area contributed by atoms with Gasteiger partial charge in [-0.3, -0.25) is 0 Å². The lowest BCUT2D eigenvalue weighted by molar-refractivity contribution is -0.135. The molecule has 3 rings (SSSR count). The highest BCUT2D eigenvalue weighted by molar-refractivity contribution is 5.83. The van der Waals surface area contributed by atoms with Gasteiger partial charge in [0.2, 0.25) is 0 Å². The van der Waals surface area contributed by atoms with Crippen molar-refractivity contribution in [2.45, 2.75) is 31.5 Å². The first kappa shape index (κ1) is 11.5. The number of benzene rings is 1. The number of ether oxygens (including phenoxy) is 2. The van der Waals surface area contributed by atoms with E-state index in [1.807, 2.05) is 19.1 Å². The molecule has 3 nitrogen and oxygen atoms in total. The van der Waals surface area contributed by atoms with Gasteiger partial charge in [-0.1, -0.05) is 24.3 Å². The first-order chi connectivity index (χ1) is 8.67. The summed E-state index contributed by atoms with van der Waals surface area (Å²) in [6, 6.07) is 8.28. The molecule has 2 aliphatic rings. The number of fused-ring (bicyclic) bond motifs is 5. The van der Waals surface area contributed by atoms with Crippen LogP contribution in [0, 0.1) is 0 Å². The Bertz CT molecular complexity index is 532. The minimum Gasteiger partial charge on any atom is -0.466 e. The van der Waals surface area contributed by atoms with E-state index in [2.05, 4.69) is 12.1 Å². The van der Waals surface area contributed by atoms with Crippen LogP contribution in [-0.2, 0) is 19.9 Å². The zero-order valence-electron chi connectivity index (χ0n) is 10.6. The van der Waals surface area contributed by atoms with Gasteiger partial charge in [-0.25, -0.2) is 4.79 Å². The lowest BCUT2D eigenvalue weighted by atomic mass is 9.78. The number of esters is 1. The van der Waals surface area contributed by atoms with Gasteiger partial charge in [0.1, 0.15) is 5.60 Å². The number of carbonyl (C=O) groups excluding carboxylic acids is 1. The molecular weight excluding hydrogens is 228 g/mol. The van der Waals surface area contributed by atoms with E-state index in [4.69, 9.17) is 9.47 Å². The third kappa shape index (κ3) is 1.44. The topological polar surface area (TPSA) is 35.5 Å². The summed E-state index contributed by atoms with van der Waals surface area (Å²) in [7, 11) is 1.39. The Kier molecular flexibility index (Phi) is 2.52. The molecule has 2 bridgehead atoms. The van der Waals surface area contributed by atoms with E-state index in [0.717, 1.165) is 18.4 Å². The molecule has 18 heavy (non-hydrogen) atoms. The van der Waals surface area contributed by atoms with Crippen molar-refractivity contribution in [2.24, 2.45) is 0 Å². The van der Waals surface area contributed by atoms with E-state index in [9.17, 15) is 4.79 Å². The van der Waals surface area contributed by atoms with E-state index in [0.29, 0.717) is 0 Å². The van der Waals surface area contributed by atoms with Crippen LogP contribution < -0.4 is 0 Å². The Balaban J connectivity index is 2.07. The fourth-order valence-electron chi connectivity index (χ4n) is 3.11. The summed E-state index contributed by atoms with van der Waals surface area (Å²) in [5, 5.41) is 0. The van der Waals surface area contributed by atoms with Crippen LogP contribution in [0.2, 0.25) is 0 Å². The Morgan fingerprint density at radius 2 is 2.28 bits per heavy atom. The second-order valence-electron chi connectivity index (χ2n) is 4.91. The van der Waals surface area contributed by atoms with Crippen molar-refractivity contribution in [3.05, 3.63) is 47.0 Å². The van der Waals surface area contributed by atoms with Gasteiger partial charge in [0, 0.05) is 6.08 Å². The summed E-state index contributed by atoms with van der Waals surface area (Å²) < 4.78 is 10.9. The van der Waals surface area contributed by atoms with Gasteiger partial charge in [-0.05, 0) is 36.5 Å². The normalized spacial score (nSPS) is 29.2. The summed E-state index contributed by atoms with van der Waals surface area (Å²) in [5.74, 6) is -0.321. The molecule has 1 saturated heterocycles. The van der Waals surface area contributed by atoms with Gasteiger partial charge >= 0.3 is 5.97 Å². The number of methoxy groups -OCH3 is 1. The monoisotopic (exact) mass is 244 g/mol. The SMILES string of the molecule is COC(=O)/C=C(\C)[C@]12CC[C@H](O1)c1ccccc12. The van der Waals surface area contributed by atoms with Gasteiger partial charge in [-0.2, -0.15) is 0 Å². The predicted octanol–water partition coefficient (Wildman–Crippen LogP) is 2.87. The third-order valence-electron chi connectivity index (χ3n) is 4.02. The maximum absolute atomic E-state index is 11.4. The number of hydrogen-bond acceptors (Lipinski definition) is 3. The van der Waals surface area contributed by atoms with Crippen molar-refractivity contribution >= 4 is 5.97 Å². The maximum atomic E-state index is 11.4. The van der Waals surface area contributed by atoms with Crippen molar-refractivity contribution in [3.8, 4) is 0 Å². The highest BCUT2D eigenvalue weighted by atomic mass is 16.5. The second kappa shape index (κ2) is 3.95. The molecule has 0 saturated carbocycles. The minimum absolute atomic E-state index is 0.183. The zero-order valence-corrected chi connectivity index (χ0v) is 10.6. The number of rotatable bonds is 2. The number of carbonyl (C=O) groups is 1. The Morgan fingerprint density at radius 1 is 1.50 bits per heavy atom. The number of hydrogen-bond donors (Lipinski definition) is 0. The second-order valence-corrected chi connectivity index (χ2v) is 4.91. The standard InChI is InChI=1S/C15H16O3/c1-10(9-14(16)17-2)15-8-7-13(18-15)11-5-3-4-6-12(11)15/h3-6,9,13H,7-8H2,1-2H3/b10-9+/t13-,15-/m0/s1. The molecule has 2 heterocycles. The lowest BCUT2D eigenvalue weighted by Crippen LogP contribution is -2.25. The Morgan fingerprint density at radius 3 is 3.06 bits per heavy atom. The van der Waals surface area contributed by atoms with Crippen LogP contribution in [0.25, 0.3) is 0 Å². The molecular formula is C15H16O3. The smallest absolute Gasteiger partial charge is 0.330 e. The van der Waals surface area contributed by atoms with E-state index in [1.165, 1.54) is 18.2 Å². The van der Waals surface area contributed by atoms with Crippen molar-refractivity contribution in [2.75, 3.05) is 7.11 Å². The molecule has 0 unspecified atom stereocenters. The molecule has 0 amide bonds. The van der Waals surface area contributed by atoms with Crippen LogP contribution in [0.3, 0.4) is 0 Å². The third-order valence-corrected chi connectivity index (χ3v) is 4.02. The van der Waals surface area contributed by atoms with Crippen LogP contribution in [0.4, 0.5) is 0 Å². The summed E-state index contributed by atoms with van der Waals surface area (Å²) in [6.07, 6.45) is 3.68. The van der Waals surface area contributed by atoms with Crippen LogP contribution in [0.15, 0.2) is 35.9 Å². The van der Waals surface area contributed by atoms with Crippen LogP contribution in [-0.4, -0.2) is 13.1 Å². The van der Waals surface area contributed by atoms with E-state index in [1.54, 1.807) is 6.08 Å². The summed E-state index contributed by atoms with van der Waals surface area (Å²) in [4.78, 5) is 11.4. The van der Waals surface area contributed by atoms with E-state index in [-0.39, 0.29) is 12.1 Å². The largest absolute Gasteiger partial charge is 0.466 e. The average molecular weight is 244 g/mol. The van der Waals surface area contributed by atoms with Crippen LogP contribution in [0.5, 0.6) is 0 Å². The van der Waals surface area contributed by atoms with E-state index >= 15 is 0 Å². The highest BCUT2D eigenvalue weighted by Gasteiger charge is 2.51. The van der Waals surface area contributed by atoms with E-state index < -0.39 is 5.60 Å². The van der Waals surface area contributed by atoms with Gasteiger partial charge in [0.05, 0.1) is 13.2 Å². The molecule has 1 fully saturated rings. The fraction of sp³-hybridized carbons (Fsp3) is 0.400. The van der Waals surface area contributed by atoms with Crippen molar-refractivity contribution in [1.29, 1.82) is 0 Å². The first-order valence-corrected chi connectivity index (χ1v) is 6.21. The minimum atomic E-state index is -0.407. The molecule has 0 aromatic heterocycles. The van der Waals surface area contributed by atoms with Gasteiger partial charge in [0.15, 0.2) is 0 Å². The van der Waals surface area contributed by atoms with Crippen LogP contribution in [0.1, 0.15) is 37.0 Å². The highest BCUT2D eigenvalue weighted by Crippen LogP contribution is 2.57. The maximum Gasteiger partial charge on any atom is 0.330 e.